The summed E-state index contributed by atoms with van der Waals surface area (Å²) in [4.78, 5) is 11.5. The van der Waals surface area contributed by atoms with Gasteiger partial charge in [-0.2, -0.15) is 0 Å². The number of benzene rings is 1. The average molecular weight is 359 g/mol. The molecule has 1 aliphatic heterocycles. The molecular weight excluding hydrogens is 330 g/mol. The molecule has 0 radical (unpaired) electrons. The Kier molecular flexibility index (Phi) is 4.82. The van der Waals surface area contributed by atoms with Crippen molar-refractivity contribution < 1.29 is 19.0 Å². The van der Waals surface area contributed by atoms with Crippen LogP contribution >= 0.6 is 0 Å². The Balaban J connectivity index is 1.50. The number of rotatable bonds is 4. The normalized spacial score (nSPS) is 29.5. The van der Waals surface area contributed by atoms with E-state index >= 15 is 0 Å². The highest BCUT2D eigenvalue weighted by molar-refractivity contribution is 5.59. The van der Waals surface area contributed by atoms with E-state index in [2.05, 4.69) is 17.4 Å². The van der Waals surface area contributed by atoms with Crippen LogP contribution in [0.15, 0.2) is 18.2 Å². The molecule has 142 valence electrons. The van der Waals surface area contributed by atoms with Crippen LogP contribution in [0.1, 0.15) is 57.1 Å². The molecule has 0 unspecified atom stereocenters. The predicted octanol–water partition coefficient (Wildman–Crippen LogP) is 3.93. The molecule has 2 fully saturated rings. The summed E-state index contributed by atoms with van der Waals surface area (Å²) in [6.45, 7) is 4.57. The highest BCUT2D eigenvalue weighted by Crippen LogP contribution is 2.54. The van der Waals surface area contributed by atoms with Crippen LogP contribution in [0.2, 0.25) is 0 Å². The first kappa shape index (κ1) is 17.7. The van der Waals surface area contributed by atoms with E-state index in [0.29, 0.717) is 11.5 Å². The SMILES string of the molecule is CC(C)OC(=O)OCOc1ccc2c(c1)[C@]13CCCC[C@@H]1[C@H](C2)NCC3. The molecule has 2 aliphatic carbocycles. The first-order valence-corrected chi connectivity index (χ1v) is 9.91. The van der Waals surface area contributed by atoms with Gasteiger partial charge in [0, 0.05) is 11.5 Å². The molecule has 0 spiro atoms. The molecule has 1 saturated carbocycles. The van der Waals surface area contributed by atoms with E-state index in [1.54, 1.807) is 13.8 Å². The minimum absolute atomic E-state index is 0.120. The zero-order valence-electron chi connectivity index (χ0n) is 15.8. The second-order valence-electron chi connectivity index (χ2n) is 8.17. The topological polar surface area (TPSA) is 56.8 Å². The summed E-state index contributed by atoms with van der Waals surface area (Å²) >= 11 is 0. The molecule has 3 atom stereocenters. The maximum absolute atomic E-state index is 11.5. The highest BCUT2D eigenvalue weighted by atomic mass is 16.8. The lowest BCUT2D eigenvalue weighted by molar-refractivity contribution is -0.00834. The lowest BCUT2D eigenvalue weighted by Crippen LogP contribution is -2.59. The summed E-state index contributed by atoms with van der Waals surface area (Å²) < 4.78 is 15.6. The Morgan fingerprint density at radius 3 is 3.04 bits per heavy atom. The van der Waals surface area contributed by atoms with Crippen molar-refractivity contribution in [2.24, 2.45) is 5.92 Å². The van der Waals surface area contributed by atoms with Crippen molar-refractivity contribution in [2.75, 3.05) is 13.3 Å². The third-order valence-electron chi connectivity index (χ3n) is 6.35. The van der Waals surface area contributed by atoms with Gasteiger partial charge >= 0.3 is 6.16 Å². The van der Waals surface area contributed by atoms with Gasteiger partial charge in [-0.05, 0) is 75.3 Å². The van der Waals surface area contributed by atoms with E-state index in [9.17, 15) is 4.79 Å². The molecule has 26 heavy (non-hydrogen) atoms. The third kappa shape index (κ3) is 3.18. The van der Waals surface area contributed by atoms with Crippen molar-refractivity contribution in [3.05, 3.63) is 29.3 Å². The van der Waals surface area contributed by atoms with Gasteiger partial charge in [0.15, 0.2) is 0 Å². The van der Waals surface area contributed by atoms with Crippen LogP contribution in [0.3, 0.4) is 0 Å². The Morgan fingerprint density at radius 1 is 1.31 bits per heavy atom. The number of piperidine rings is 1. The Morgan fingerprint density at radius 2 is 2.19 bits per heavy atom. The van der Waals surface area contributed by atoms with Crippen molar-refractivity contribution in [1.82, 2.24) is 5.32 Å². The molecular formula is C21H29NO4. The fourth-order valence-electron chi connectivity index (χ4n) is 5.37. The van der Waals surface area contributed by atoms with Crippen LogP contribution < -0.4 is 10.1 Å². The molecule has 1 aromatic carbocycles. The van der Waals surface area contributed by atoms with E-state index in [1.165, 1.54) is 43.2 Å². The van der Waals surface area contributed by atoms with Crippen LogP contribution in [0.4, 0.5) is 4.79 Å². The fourth-order valence-corrected chi connectivity index (χ4v) is 5.37. The average Bonchev–Trinajstić information content (AvgIpc) is 2.61. The summed E-state index contributed by atoms with van der Waals surface area (Å²) in [5, 5.41) is 3.76. The zero-order valence-corrected chi connectivity index (χ0v) is 15.8. The van der Waals surface area contributed by atoms with E-state index < -0.39 is 6.16 Å². The van der Waals surface area contributed by atoms with Crippen molar-refractivity contribution in [3.8, 4) is 5.75 Å². The lowest BCUT2D eigenvalue weighted by Gasteiger charge is -2.56. The second kappa shape index (κ2) is 7.10. The summed E-state index contributed by atoms with van der Waals surface area (Å²) in [5.74, 6) is 1.52. The minimum atomic E-state index is -0.690. The Labute approximate surface area is 155 Å². The first-order valence-electron chi connectivity index (χ1n) is 9.91. The van der Waals surface area contributed by atoms with Gasteiger partial charge in [-0.15, -0.1) is 0 Å². The Bertz CT molecular complexity index is 670. The molecule has 2 bridgehead atoms. The van der Waals surface area contributed by atoms with Gasteiger partial charge in [-0.25, -0.2) is 4.79 Å². The molecule has 1 saturated heterocycles. The van der Waals surface area contributed by atoms with Crippen LogP contribution in [0.5, 0.6) is 5.75 Å². The van der Waals surface area contributed by atoms with Crippen molar-refractivity contribution in [1.29, 1.82) is 0 Å². The number of ether oxygens (including phenoxy) is 3. The summed E-state index contributed by atoms with van der Waals surface area (Å²) in [6.07, 6.45) is 6.71. The van der Waals surface area contributed by atoms with Crippen molar-refractivity contribution >= 4 is 6.16 Å². The van der Waals surface area contributed by atoms with Crippen molar-refractivity contribution in [3.63, 3.8) is 0 Å². The van der Waals surface area contributed by atoms with Gasteiger partial charge < -0.3 is 19.5 Å². The third-order valence-corrected chi connectivity index (χ3v) is 6.35. The van der Waals surface area contributed by atoms with Crippen LogP contribution in [-0.2, 0) is 21.3 Å². The monoisotopic (exact) mass is 359 g/mol. The molecule has 1 heterocycles. The standard InChI is InChI=1S/C21H29NO4/c1-14(2)26-20(23)25-13-24-16-7-6-15-11-19-17-5-3-4-8-21(17,9-10-22-19)18(15)12-16/h6-7,12,14,17,19,22H,3-5,8-11,13H2,1-2H3/t17-,19+,21+/m1/s1. The van der Waals surface area contributed by atoms with E-state index in [-0.39, 0.29) is 12.9 Å². The number of carbonyl (C=O) groups is 1. The maximum Gasteiger partial charge on any atom is 0.511 e. The Hall–Kier alpha value is -1.75. The molecule has 1 aromatic rings. The molecule has 5 heteroatoms. The summed E-state index contributed by atoms with van der Waals surface area (Å²) in [6, 6.07) is 7.01. The number of fused-ring (bicyclic) bond motifs is 1. The van der Waals surface area contributed by atoms with Gasteiger partial charge in [0.1, 0.15) is 5.75 Å². The van der Waals surface area contributed by atoms with Gasteiger partial charge in [-0.3, -0.25) is 0 Å². The van der Waals surface area contributed by atoms with Gasteiger partial charge in [0.25, 0.3) is 0 Å². The van der Waals surface area contributed by atoms with Crippen LogP contribution in [0.25, 0.3) is 0 Å². The summed E-state index contributed by atoms with van der Waals surface area (Å²) in [5.41, 5.74) is 3.23. The largest absolute Gasteiger partial charge is 0.511 e. The number of hydrogen-bond donors (Lipinski definition) is 1. The van der Waals surface area contributed by atoms with E-state index in [0.717, 1.165) is 24.6 Å². The second-order valence-corrected chi connectivity index (χ2v) is 8.17. The van der Waals surface area contributed by atoms with Crippen LogP contribution in [0, 0.1) is 5.92 Å². The molecule has 4 rings (SSSR count). The van der Waals surface area contributed by atoms with E-state index in [1.807, 2.05) is 6.07 Å². The van der Waals surface area contributed by atoms with Gasteiger partial charge in [0.2, 0.25) is 6.79 Å². The summed E-state index contributed by atoms with van der Waals surface area (Å²) in [7, 11) is 0. The first-order chi connectivity index (χ1) is 12.6. The van der Waals surface area contributed by atoms with E-state index in [4.69, 9.17) is 14.2 Å². The molecule has 5 nitrogen and oxygen atoms in total. The number of hydrogen-bond acceptors (Lipinski definition) is 5. The minimum Gasteiger partial charge on any atom is -0.457 e. The molecule has 1 N–H and O–H groups in total. The predicted molar refractivity (Wildman–Crippen MR) is 98.4 cm³/mol. The number of carbonyl (C=O) groups excluding carboxylic acids is 1. The number of nitrogens with one attached hydrogen (secondary N) is 1. The molecule has 0 amide bonds. The molecule has 0 aromatic heterocycles. The molecule has 3 aliphatic rings. The van der Waals surface area contributed by atoms with Crippen molar-refractivity contribution in [2.45, 2.75) is 69.9 Å². The van der Waals surface area contributed by atoms with Gasteiger partial charge in [-0.1, -0.05) is 18.9 Å². The zero-order chi connectivity index (χ0) is 18.1. The smallest absolute Gasteiger partial charge is 0.457 e. The maximum atomic E-state index is 11.5. The fraction of sp³-hybridized carbons (Fsp3) is 0.667. The quantitative estimate of drug-likeness (QED) is 0.652. The van der Waals surface area contributed by atoms with Crippen LogP contribution in [-0.4, -0.2) is 31.6 Å². The highest BCUT2D eigenvalue weighted by Gasteiger charge is 2.51. The van der Waals surface area contributed by atoms with Gasteiger partial charge in [0.05, 0.1) is 6.10 Å². The lowest BCUT2D eigenvalue weighted by atomic mass is 9.53.